The van der Waals surface area contributed by atoms with Gasteiger partial charge in [-0.05, 0) is 49.9 Å². The molecule has 0 aliphatic heterocycles. The molecule has 0 saturated carbocycles. The fourth-order valence-corrected chi connectivity index (χ4v) is 4.07. The molecule has 1 aromatic carbocycles. The van der Waals surface area contributed by atoms with Crippen LogP contribution in [0.1, 0.15) is 16.7 Å². The van der Waals surface area contributed by atoms with Crippen LogP contribution in [-0.2, 0) is 16.6 Å². The van der Waals surface area contributed by atoms with Crippen molar-refractivity contribution in [1.29, 1.82) is 0 Å². The summed E-state index contributed by atoms with van der Waals surface area (Å²) in [7, 11) is 0.0861. The lowest BCUT2D eigenvalue weighted by Crippen LogP contribution is -2.30. The van der Waals surface area contributed by atoms with E-state index in [1.54, 1.807) is 24.9 Å². The van der Waals surface area contributed by atoms with Gasteiger partial charge in [-0.2, -0.15) is 11.8 Å². The van der Waals surface area contributed by atoms with Crippen LogP contribution in [0.3, 0.4) is 0 Å². The first kappa shape index (κ1) is 17.5. The molecule has 4 nitrogen and oxygen atoms in total. The van der Waals surface area contributed by atoms with E-state index in [1.165, 1.54) is 4.31 Å². The van der Waals surface area contributed by atoms with Crippen molar-refractivity contribution in [2.24, 2.45) is 0 Å². The van der Waals surface area contributed by atoms with E-state index in [0.29, 0.717) is 18.0 Å². The summed E-state index contributed by atoms with van der Waals surface area (Å²) in [5, 5.41) is 3.06. The average Bonchev–Trinajstić information content (AvgIpc) is 2.39. The predicted molar refractivity (Wildman–Crippen MR) is 86.9 cm³/mol. The first-order valence-corrected chi connectivity index (χ1v) is 9.38. The topological polar surface area (TPSA) is 49.4 Å². The number of rotatable bonds is 7. The van der Waals surface area contributed by atoms with Gasteiger partial charge in [0.15, 0.2) is 0 Å². The fraction of sp³-hybridized carbons (Fsp3) is 0.571. The van der Waals surface area contributed by atoms with Crippen LogP contribution in [0.4, 0.5) is 0 Å². The van der Waals surface area contributed by atoms with Gasteiger partial charge in [-0.15, -0.1) is 0 Å². The number of nitrogens with zero attached hydrogens (tertiary/aromatic N) is 1. The highest BCUT2D eigenvalue weighted by Gasteiger charge is 2.23. The van der Waals surface area contributed by atoms with Gasteiger partial charge in [-0.25, -0.2) is 12.7 Å². The molecule has 0 fully saturated rings. The van der Waals surface area contributed by atoms with Crippen LogP contribution in [0.15, 0.2) is 17.0 Å². The number of nitrogens with one attached hydrogen (secondary N) is 1. The molecule has 0 amide bonds. The molecule has 6 heteroatoms. The number of hydrogen-bond acceptors (Lipinski definition) is 4. The maximum absolute atomic E-state index is 12.7. The van der Waals surface area contributed by atoms with Crippen molar-refractivity contribution < 1.29 is 8.42 Å². The summed E-state index contributed by atoms with van der Waals surface area (Å²) in [5.74, 6) is 0.796. The SMILES string of the molecule is CNCc1cc(C)c(C)c(S(=O)(=O)N(C)CCSC)c1. The molecule has 0 heterocycles. The third-order valence-corrected chi connectivity index (χ3v) is 5.93. The Morgan fingerprint density at radius 1 is 1.30 bits per heavy atom. The van der Waals surface area contributed by atoms with Crippen molar-refractivity contribution in [1.82, 2.24) is 9.62 Å². The number of benzene rings is 1. The molecule has 20 heavy (non-hydrogen) atoms. The quantitative estimate of drug-likeness (QED) is 0.836. The van der Waals surface area contributed by atoms with Gasteiger partial charge in [0.25, 0.3) is 0 Å². The number of sulfonamides is 1. The van der Waals surface area contributed by atoms with Gasteiger partial charge in [0.2, 0.25) is 10.0 Å². The number of hydrogen-bond donors (Lipinski definition) is 1. The Hall–Kier alpha value is -0.560. The van der Waals surface area contributed by atoms with Gasteiger partial charge in [-0.3, -0.25) is 0 Å². The van der Waals surface area contributed by atoms with E-state index in [0.717, 1.165) is 22.4 Å². The zero-order valence-corrected chi connectivity index (χ0v) is 14.5. The van der Waals surface area contributed by atoms with Gasteiger partial charge in [0, 0.05) is 25.9 Å². The van der Waals surface area contributed by atoms with E-state index in [4.69, 9.17) is 0 Å². The lowest BCUT2D eigenvalue weighted by Gasteiger charge is -2.20. The van der Waals surface area contributed by atoms with Crippen LogP contribution in [0.2, 0.25) is 0 Å². The third-order valence-electron chi connectivity index (χ3n) is 3.36. The minimum Gasteiger partial charge on any atom is -0.316 e. The van der Waals surface area contributed by atoms with Crippen molar-refractivity contribution >= 4 is 21.8 Å². The van der Waals surface area contributed by atoms with Gasteiger partial charge in [-0.1, -0.05) is 6.07 Å². The zero-order valence-electron chi connectivity index (χ0n) is 12.9. The predicted octanol–water partition coefficient (Wildman–Crippen LogP) is 2.01. The van der Waals surface area contributed by atoms with E-state index in [1.807, 2.05) is 33.2 Å². The molecule has 0 aliphatic carbocycles. The molecular formula is C14H24N2O2S2. The molecular weight excluding hydrogens is 292 g/mol. The van der Waals surface area contributed by atoms with Crippen LogP contribution in [0.5, 0.6) is 0 Å². The average molecular weight is 316 g/mol. The summed E-state index contributed by atoms with van der Waals surface area (Å²) >= 11 is 1.64. The monoisotopic (exact) mass is 316 g/mol. The largest absolute Gasteiger partial charge is 0.316 e. The lowest BCUT2D eigenvalue weighted by molar-refractivity contribution is 0.488. The Labute approximate surface area is 127 Å². The first-order valence-electron chi connectivity index (χ1n) is 6.54. The molecule has 0 atom stereocenters. The highest BCUT2D eigenvalue weighted by atomic mass is 32.2. The standard InChI is InChI=1S/C14H24N2O2S2/c1-11-8-13(10-15-3)9-14(12(11)2)20(17,18)16(4)6-7-19-5/h8-9,15H,6-7,10H2,1-5H3. The zero-order chi connectivity index (χ0) is 15.3. The molecule has 0 radical (unpaired) electrons. The van der Waals surface area contributed by atoms with E-state index in [2.05, 4.69) is 5.32 Å². The summed E-state index contributed by atoms with van der Waals surface area (Å²) in [6.07, 6.45) is 1.98. The maximum atomic E-state index is 12.7. The Bertz CT molecular complexity index is 557. The third kappa shape index (κ3) is 3.97. The van der Waals surface area contributed by atoms with E-state index in [-0.39, 0.29) is 0 Å². The summed E-state index contributed by atoms with van der Waals surface area (Å²) in [5.41, 5.74) is 2.84. The van der Waals surface area contributed by atoms with E-state index in [9.17, 15) is 8.42 Å². The second-order valence-corrected chi connectivity index (χ2v) is 7.88. The molecule has 1 aromatic rings. The van der Waals surface area contributed by atoms with Gasteiger partial charge in [0.05, 0.1) is 4.90 Å². The summed E-state index contributed by atoms with van der Waals surface area (Å²) < 4.78 is 26.8. The van der Waals surface area contributed by atoms with Gasteiger partial charge >= 0.3 is 0 Å². The van der Waals surface area contributed by atoms with Gasteiger partial charge < -0.3 is 5.32 Å². The lowest BCUT2D eigenvalue weighted by atomic mass is 10.1. The highest BCUT2D eigenvalue weighted by molar-refractivity contribution is 7.98. The molecule has 0 aliphatic rings. The van der Waals surface area contributed by atoms with Crippen LogP contribution in [0, 0.1) is 13.8 Å². The molecule has 0 unspecified atom stereocenters. The van der Waals surface area contributed by atoms with Crippen LogP contribution in [-0.4, -0.2) is 45.4 Å². The smallest absolute Gasteiger partial charge is 0.243 e. The number of thioether (sulfide) groups is 1. The Kier molecular flexibility index (Phi) is 6.51. The van der Waals surface area contributed by atoms with Crippen LogP contribution in [0.25, 0.3) is 0 Å². The highest BCUT2D eigenvalue weighted by Crippen LogP contribution is 2.24. The minimum absolute atomic E-state index is 0.423. The Balaban J connectivity index is 3.22. The summed E-state index contributed by atoms with van der Waals surface area (Å²) in [6, 6.07) is 3.82. The molecule has 114 valence electrons. The van der Waals surface area contributed by atoms with Crippen molar-refractivity contribution in [3.8, 4) is 0 Å². The molecule has 0 saturated heterocycles. The Morgan fingerprint density at radius 2 is 1.95 bits per heavy atom. The molecule has 0 spiro atoms. The second kappa shape index (κ2) is 7.45. The maximum Gasteiger partial charge on any atom is 0.243 e. The Morgan fingerprint density at radius 3 is 2.50 bits per heavy atom. The van der Waals surface area contributed by atoms with Crippen molar-refractivity contribution in [3.05, 3.63) is 28.8 Å². The van der Waals surface area contributed by atoms with Crippen LogP contribution >= 0.6 is 11.8 Å². The summed E-state index contributed by atoms with van der Waals surface area (Å²) in [4.78, 5) is 0.423. The van der Waals surface area contributed by atoms with Crippen molar-refractivity contribution in [3.63, 3.8) is 0 Å². The normalized spacial score (nSPS) is 12.1. The fourth-order valence-electron chi connectivity index (χ4n) is 1.98. The van der Waals surface area contributed by atoms with Crippen LogP contribution < -0.4 is 5.32 Å². The number of aryl methyl sites for hydroxylation is 1. The van der Waals surface area contributed by atoms with E-state index < -0.39 is 10.0 Å². The first-order chi connectivity index (χ1) is 9.34. The van der Waals surface area contributed by atoms with Gasteiger partial charge in [0.1, 0.15) is 0 Å². The minimum atomic E-state index is -3.41. The molecule has 0 aromatic heterocycles. The molecule has 0 bridgehead atoms. The molecule has 1 N–H and O–H groups in total. The molecule has 1 rings (SSSR count). The van der Waals surface area contributed by atoms with Crippen molar-refractivity contribution in [2.75, 3.05) is 32.6 Å². The van der Waals surface area contributed by atoms with E-state index >= 15 is 0 Å². The summed E-state index contributed by atoms with van der Waals surface area (Å²) in [6.45, 7) is 5.01. The van der Waals surface area contributed by atoms with Crippen molar-refractivity contribution in [2.45, 2.75) is 25.3 Å². The second-order valence-electron chi connectivity index (χ2n) is 4.89.